The molecule has 0 aliphatic rings. The van der Waals surface area contributed by atoms with Crippen LogP contribution >= 0.6 is 0 Å². The largest absolute Gasteiger partial charge is 0.465 e. The Morgan fingerprint density at radius 1 is 1.22 bits per heavy atom. The summed E-state index contributed by atoms with van der Waals surface area (Å²) in [6.07, 6.45) is 0. The lowest BCUT2D eigenvalue weighted by Crippen LogP contribution is -2.44. The normalized spacial score (nSPS) is 10.8. The summed E-state index contributed by atoms with van der Waals surface area (Å²) in [7, 11) is 0. The van der Waals surface area contributed by atoms with E-state index in [-0.39, 0.29) is 31.0 Å². The van der Waals surface area contributed by atoms with Gasteiger partial charge in [-0.2, -0.15) is 0 Å². The molecule has 0 unspecified atom stereocenters. The van der Waals surface area contributed by atoms with Crippen molar-refractivity contribution in [3.63, 3.8) is 0 Å². The van der Waals surface area contributed by atoms with Crippen LogP contribution in [0.3, 0.4) is 0 Å². The van der Waals surface area contributed by atoms with Crippen molar-refractivity contribution >= 4 is 11.9 Å². The molecule has 0 saturated carbocycles. The van der Waals surface area contributed by atoms with E-state index in [9.17, 15) is 9.59 Å². The number of esters is 1. The molecule has 0 saturated heterocycles. The number of nitrogens with one attached hydrogen (secondary N) is 1. The smallest absolute Gasteiger partial charge is 0.325 e. The first-order chi connectivity index (χ1) is 8.36. The van der Waals surface area contributed by atoms with Gasteiger partial charge in [0.25, 0.3) is 0 Å². The SMILES string of the molecule is CCOC(=O)CN(CC(C)C)C(=O)CNC(C)C. The Labute approximate surface area is 110 Å². The Balaban J connectivity index is 4.37. The maximum atomic E-state index is 12.0. The van der Waals surface area contributed by atoms with Crippen LogP contribution in [0, 0.1) is 5.92 Å². The lowest BCUT2D eigenvalue weighted by atomic mass is 10.2. The van der Waals surface area contributed by atoms with Gasteiger partial charge in [-0.15, -0.1) is 0 Å². The Kier molecular flexibility index (Phi) is 8.37. The lowest BCUT2D eigenvalue weighted by molar-refractivity contribution is -0.149. The summed E-state index contributed by atoms with van der Waals surface area (Å²) < 4.78 is 4.88. The number of carbonyl (C=O) groups is 2. The Morgan fingerprint density at radius 3 is 2.28 bits per heavy atom. The molecule has 106 valence electrons. The van der Waals surface area contributed by atoms with Crippen LogP contribution in [0.2, 0.25) is 0 Å². The van der Waals surface area contributed by atoms with Crippen molar-refractivity contribution in [2.45, 2.75) is 40.7 Å². The minimum Gasteiger partial charge on any atom is -0.465 e. The van der Waals surface area contributed by atoms with Gasteiger partial charge in [-0.1, -0.05) is 27.7 Å². The molecule has 1 amide bonds. The topological polar surface area (TPSA) is 58.6 Å². The summed E-state index contributed by atoms with van der Waals surface area (Å²) in [5.41, 5.74) is 0. The molecule has 5 nitrogen and oxygen atoms in total. The first-order valence-corrected chi connectivity index (χ1v) is 6.53. The number of rotatable bonds is 8. The van der Waals surface area contributed by atoms with Gasteiger partial charge in [0.2, 0.25) is 5.91 Å². The average Bonchev–Trinajstić information content (AvgIpc) is 2.24. The summed E-state index contributed by atoms with van der Waals surface area (Å²) in [4.78, 5) is 25.0. The monoisotopic (exact) mass is 258 g/mol. The van der Waals surface area contributed by atoms with Crippen molar-refractivity contribution in [1.29, 1.82) is 0 Å². The predicted octanol–water partition coefficient (Wildman–Crippen LogP) is 1.03. The van der Waals surface area contributed by atoms with E-state index in [0.717, 1.165) is 0 Å². The number of hydrogen-bond donors (Lipinski definition) is 1. The second kappa shape index (κ2) is 8.91. The highest BCUT2D eigenvalue weighted by Crippen LogP contribution is 2.00. The number of amides is 1. The zero-order valence-corrected chi connectivity index (χ0v) is 12.2. The summed E-state index contributed by atoms with van der Waals surface area (Å²) in [5, 5.41) is 3.06. The number of nitrogens with zero attached hydrogens (tertiary/aromatic N) is 1. The molecule has 1 N–H and O–H groups in total. The molecule has 5 heteroatoms. The molecule has 0 heterocycles. The van der Waals surface area contributed by atoms with Crippen molar-refractivity contribution in [1.82, 2.24) is 10.2 Å². The quantitative estimate of drug-likeness (QED) is 0.661. The van der Waals surface area contributed by atoms with Gasteiger partial charge in [0, 0.05) is 12.6 Å². The molecule has 0 rings (SSSR count). The van der Waals surface area contributed by atoms with E-state index in [1.807, 2.05) is 27.7 Å². The number of ether oxygens (including phenoxy) is 1. The molecule has 0 aliphatic carbocycles. The van der Waals surface area contributed by atoms with Gasteiger partial charge >= 0.3 is 5.97 Å². The van der Waals surface area contributed by atoms with E-state index < -0.39 is 0 Å². The first-order valence-electron chi connectivity index (χ1n) is 6.53. The third-order valence-electron chi connectivity index (χ3n) is 2.23. The molecule has 0 aromatic rings. The summed E-state index contributed by atoms with van der Waals surface area (Å²) >= 11 is 0. The molecular weight excluding hydrogens is 232 g/mol. The van der Waals surface area contributed by atoms with Crippen LogP contribution in [-0.2, 0) is 14.3 Å². The summed E-state index contributed by atoms with van der Waals surface area (Å²) in [6, 6.07) is 0.248. The van der Waals surface area contributed by atoms with E-state index in [4.69, 9.17) is 4.74 Å². The minimum atomic E-state index is -0.351. The van der Waals surface area contributed by atoms with Crippen LogP contribution in [0.1, 0.15) is 34.6 Å². The molecule has 18 heavy (non-hydrogen) atoms. The standard InChI is InChI=1S/C13H26N2O3/c1-6-18-13(17)9-15(8-10(2)3)12(16)7-14-11(4)5/h10-11,14H,6-9H2,1-5H3. The van der Waals surface area contributed by atoms with Gasteiger partial charge in [0.15, 0.2) is 0 Å². The molecule has 0 spiro atoms. The highest BCUT2D eigenvalue weighted by molar-refractivity contribution is 5.83. The van der Waals surface area contributed by atoms with Gasteiger partial charge in [-0.3, -0.25) is 9.59 Å². The van der Waals surface area contributed by atoms with Gasteiger partial charge in [0.05, 0.1) is 13.2 Å². The van der Waals surface area contributed by atoms with E-state index in [1.165, 1.54) is 0 Å². The maximum absolute atomic E-state index is 12.0. The van der Waals surface area contributed by atoms with Crippen LogP contribution in [0.15, 0.2) is 0 Å². The molecule has 0 aromatic carbocycles. The second-order valence-corrected chi connectivity index (χ2v) is 5.01. The minimum absolute atomic E-state index is 0.0324. The third-order valence-corrected chi connectivity index (χ3v) is 2.23. The number of carbonyl (C=O) groups excluding carboxylic acids is 2. The van der Waals surface area contributed by atoms with Gasteiger partial charge in [-0.25, -0.2) is 0 Å². The van der Waals surface area contributed by atoms with Crippen LogP contribution in [0.4, 0.5) is 0 Å². The van der Waals surface area contributed by atoms with E-state index in [2.05, 4.69) is 5.32 Å². The van der Waals surface area contributed by atoms with Gasteiger partial charge in [-0.05, 0) is 12.8 Å². The Bertz CT molecular complexity index is 265. The zero-order valence-electron chi connectivity index (χ0n) is 12.2. The molecule has 0 aliphatic heterocycles. The van der Waals surface area contributed by atoms with Crippen molar-refractivity contribution in [3.05, 3.63) is 0 Å². The van der Waals surface area contributed by atoms with E-state index >= 15 is 0 Å². The van der Waals surface area contributed by atoms with Crippen molar-refractivity contribution in [3.8, 4) is 0 Å². The fraction of sp³-hybridized carbons (Fsp3) is 0.846. The Morgan fingerprint density at radius 2 is 1.83 bits per heavy atom. The Hall–Kier alpha value is -1.10. The van der Waals surface area contributed by atoms with E-state index in [1.54, 1.807) is 11.8 Å². The highest BCUT2D eigenvalue weighted by Gasteiger charge is 2.18. The third kappa shape index (κ3) is 8.06. The number of hydrogen-bond acceptors (Lipinski definition) is 4. The molecular formula is C13H26N2O3. The van der Waals surface area contributed by atoms with Crippen LogP contribution in [0.25, 0.3) is 0 Å². The molecule has 0 aromatic heterocycles. The predicted molar refractivity (Wildman–Crippen MR) is 71.2 cm³/mol. The summed E-state index contributed by atoms with van der Waals surface area (Å²) in [6.45, 7) is 10.9. The van der Waals surface area contributed by atoms with Crippen molar-refractivity contribution in [2.75, 3.05) is 26.2 Å². The zero-order chi connectivity index (χ0) is 14.1. The molecule has 0 bridgehead atoms. The second-order valence-electron chi connectivity index (χ2n) is 5.01. The molecule has 0 atom stereocenters. The van der Waals surface area contributed by atoms with Crippen molar-refractivity contribution in [2.24, 2.45) is 5.92 Å². The fourth-order valence-corrected chi connectivity index (χ4v) is 1.46. The van der Waals surface area contributed by atoms with Gasteiger partial charge < -0.3 is 15.0 Å². The fourth-order valence-electron chi connectivity index (χ4n) is 1.46. The molecule has 0 radical (unpaired) electrons. The summed E-state index contributed by atoms with van der Waals surface area (Å²) in [5.74, 6) is -0.0936. The van der Waals surface area contributed by atoms with E-state index in [0.29, 0.717) is 19.1 Å². The molecule has 0 fully saturated rings. The van der Waals surface area contributed by atoms with Crippen LogP contribution in [-0.4, -0.2) is 49.1 Å². The van der Waals surface area contributed by atoms with Crippen LogP contribution in [0.5, 0.6) is 0 Å². The highest BCUT2D eigenvalue weighted by atomic mass is 16.5. The van der Waals surface area contributed by atoms with Gasteiger partial charge in [0.1, 0.15) is 6.54 Å². The van der Waals surface area contributed by atoms with Crippen LogP contribution < -0.4 is 5.32 Å². The average molecular weight is 258 g/mol. The first kappa shape index (κ1) is 16.9. The van der Waals surface area contributed by atoms with Crippen molar-refractivity contribution < 1.29 is 14.3 Å². The maximum Gasteiger partial charge on any atom is 0.325 e. The lowest BCUT2D eigenvalue weighted by Gasteiger charge is -2.24.